The Balaban J connectivity index is 1.29. The molecule has 1 aliphatic heterocycles. The van der Waals surface area contributed by atoms with Gasteiger partial charge in [0.1, 0.15) is 5.75 Å². The van der Waals surface area contributed by atoms with Crippen molar-refractivity contribution in [3.8, 4) is 17.6 Å². The Labute approximate surface area is 175 Å². The van der Waals surface area contributed by atoms with Crippen LogP contribution in [0.5, 0.6) is 5.75 Å². The second kappa shape index (κ2) is 8.25. The summed E-state index contributed by atoms with van der Waals surface area (Å²) in [6.07, 6.45) is 8.40. The molecule has 0 amide bonds. The quantitative estimate of drug-likeness (QED) is 0.650. The third-order valence-electron chi connectivity index (χ3n) is 7.49. The van der Waals surface area contributed by atoms with Gasteiger partial charge in [0.15, 0.2) is 0 Å². The van der Waals surface area contributed by atoms with E-state index in [4.69, 9.17) is 4.74 Å². The zero-order valence-corrected chi connectivity index (χ0v) is 17.4. The molecule has 0 radical (unpaired) electrons. The van der Waals surface area contributed by atoms with Crippen molar-refractivity contribution in [2.45, 2.75) is 50.5 Å². The molecule has 2 aromatic carbocycles. The number of fused-ring (bicyclic) bond motifs is 2. The molecule has 3 aliphatic rings. The van der Waals surface area contributed by atoms with Gasteiger partial charge in [-0.2, -0.15) is 0 Å². The van der Waals surface area contributed by atoms with Crippen molar-refractivity contribution in [2.24, 2.45) is 11.8 Å². The van der Waals surface area contributed by atoms with E-state index >= 15 is 0 Å². The van der Waals surface area contributed by atoms with Crippen molar-refractivity contribution >= 4 is 0 Å². The normalized spacial score (nSPS) is 26.9. The van der Waals surface area contributed by atoms with Crippen molar-refractivity contribution < 1.29 is 4.74 Å². The van der Waals surface area contributed by atoms with Crippen molar-refractivity contribution in [2.75, 3.05) is 20.2 Å². The fourth-order valence-corrected chi connectivity index (χ4v) is 6.00. The van der Waals surface area contributed by atoms with Gasteiger partial charge in [0.25, 0.3) is 0 Å². The van der Waals surface area contributed by atoms with Crippen LogP contribution < -0.4 is 4.74 Å². The van der Waals surface area contributed by atoms with Gasteiger partial charge in [0.05, 0.1) is 7.11 Å². The molecule has 1 heterocycles. The van der Waals surface area contributed by atoms with Crippen LogP contribution in [-0.4, -0.2) is 31.1 Å². The standard InChI is InChI=1S/C27H31NO/c1-29-27-12-10-21(8-7-20-5-3-2-4-6-20)18-25(27)23-13-15-28(16-14-23)26-19-22-9-11-24(26)17-22/h2-6,10,12,18,22-24,26H,9,11,13-17,19H2,1H3/t22-,24+,26-/m1/s1. The monoisotopic (exact) mass is 385 g/mol. The number of ether oxygens (including phenoxy) is 1. The number of benzene rings is 2. The van der Waals surface area contributed by atoms with E-state index in [9.17, 15) is 0 Å². The first-order chi connectivity index (χ1) is 14.3. The van der Waals surface area contributed by atoms with Crippen LogP contribution in [0, 0.1) is 23.7 Å². The first-order valence-electron chi connectivity index (χ1n) is 11.3. The first kappa shape index (κ1) is 18.8. The van der Waals surface area contributed by atoms with Gasteiger partial charge in [-0.25, -0.2) is 0 Å². The summed E-state index contributed by atoms with van der Waals surface area (Å²) in [7, 11) is 1.79. The van der Waals surface area contributed by atoms with E-state index in [1.165, 1.54) is 57.2 Å². The van der Waals surface area contributed by atoms with Crippen molar-refractivity contribution in [3.63, 3.8) is 0 Å². The number of likely N-dealkylation sites (tertiary alicyclic amines) is 1. The summed E-state index contributed by atoms with van der Waals surface area (Å²) in [6.45, 7) is 2.48. The lowest BCUT2D eigenvalue weighted by Crippen LogP contribution is -2.43. The molecule has 0 spiro atoms. The summed E-state index contributed by atoms with van der Waals surface area (Å²) < 4.78 is 5.72. The summed E-state index contributed by atoms with van der Waals surface area (Å²) in [4.78, 5) is 2.81. The third kappa shape index (κ3) is 3.94. The van der Waals surface area contributed by atoms with E-state index in [0.717, 1.165) is 34.8 Å². The molecule has 3 fully saturated rings. The second-order valence-corrected chi connectivity index (χ2v) is 9.13. The Bertz CT molecular complexity index is 901. The van der Waals surface area contributed by atoms with Crippen molar-refractivity contribution in [3.05, 3.63) is 65.2 Å². The lowest BCUT2D eigenvalue weighted by Gasteiger charge is -2.40. The highest BCUT2D eigenvalue weighted by Crippen LogP contribution is 2.48. The minimum absolute atomic E-state index is 0.582. The molecule has 2 saturated carbocycles. The summed E-state index contributed by atoms with van der Waals surface area (Å²) >= 11 is 0. The number of methoxy groups -OCH3 is 1. The maximum absolute atomic E-state index is 5.72. The van der Waals surface area contributed by atoms with Crippen molar-refractivity contribution in [1.29, 1.82) is 0 Å². The highest BCUT2D eigenvalue weighted by Gasteiger charge is 2.43. The number of rotatable bonds is 3. The summed E-state index contributed by atoms with van der Waals surface area (Å²) in [5.74, 6) is 10.3. The first-order valence-corrected chi connectivity index (χ1v) is 11.3. The van der Waals surface area contributed by atoms with E-state index in [-0.39, 0.29) is 0 Å². The lowest BCUT2D eigenvalue weighted by molar-refractivity contribution is 0.110. The summed E-state index contributed by atoms with van der Waals surface area (Å²) in [6, 6.07) is 17.5. The van der Waals surface area contributed by atoms with Crippen LogP contribution in [0.25, 0.3) is 0 Å². The van der Waals surface area contributed by atoms with Crippen LogP contribution in [0.3, 0.4) is 0 Å². The molecule has 150 valence electrons. The Morgan fingerprint density at radius 3 is 2.34 bits per heavy atom. The van der Waals surface area contributed by atoms with E-state index in [1.54, 1.807) is 7.11 Å². The summed E-state index contributed by atoms with van der Waals surface area (Å²) in [5.41, 5.74) is 3.49. The molecule has 2 bridgehead atoms. The molecule has 2 heteroatoms. The van der Waals surface area contributed by atoms with Gasteiger partial charge in [-0.3, -0.25) is 0 Å². The van der Waals surface area contributed by atoms with Crippen LogP contribution in [0.15, 0.2) is 48.5 Å². The molecule has 2 nitrogen and oxygen atoms in total. The van der Waals surface area contributed by atoms with Crippen LogP contribution >= 0.6 is 0 Å². The number of piperidine rings is 1. The molecule has 3 atom stereocenters. The smallest absolute Gasteiger partial charge is 0.122 e. The molecular formula is C27H31NO. The number of hydrogen-bond donors (Lipinski definition) is 0. The van der Waals surface area contributed by atoms with E-state index in [2.05, 4.69) is 47.1 Å². The highest BCUT2D eigenvalue weighted by atomic mass is 16.5. The SMILES string of the molecule is COc1ccc(C#Cc2ccccc2)cc1C1CCN([C@@H]2C[C@@H]3CC[C@H]2C3)CC1. The van der Waals surface area contributed by atoms with Gasteiger partial charge in [-0.15, -0.1) is 0 Å². The molecule has 2 aromatic rings. The average molecular weight is 386 g/mol. The average Bonchev–Trinajstić information content (AvgIpc) is 3.42. The van der Waals surface area contributed by atoms with Gasteiger partial charge in [-0.05, 0) is 98.8 Å². The topological polar surface area (TPSA) is 12.5 Å². The van der Waals surface area contributed by atoms with Gasteiger partial charge >= 0.3 is 0 Å². The van der Waals surface area contributed by atoms with E-state index in [0.29, 0.717) is 5.92 Å². The number of nitrogens with zero attached hydrogens (tertiary/aromatic N) is 1. The van der Waals surface area contributed by atoms with Gasteiger partial charge < -0.3 is 9.64 Å². The van der Waals surface area contributed by atoms with Crippen LogP contribution in [0.2, 0.25) is 0 Å². The Morgan fingerprint density at radius 1 is 0.862 bits per heavy atom. The Kier molecular flexibility index (Phi) is 5.34. The fourth-order valence-electron chi connectivity index (χ4n) is 6.00. The van der Waals surface area contributed by atoms with Crippen LogP contribution in [0.4, 0.5) is 0 Å². The molecule has 0 unspecified atom stereocenters. The minimum atomic E-state index is 0.582. The predicted molar refractivity (Wildman–Crippen MR) is 118 cm³/mol. The number of hydrogen-bond acceptors (Lipinski definition) is 2. The van der Waals surface area contributed by atoms with Gasteiger partial charge in [0, 0.05) is 17.2 Å². The van der Waals surface area contributed by atoms with E-state index < -0.39 is 0 Å². The van der Waals surface area contributed by atoms with Crippen LogP contribution in [-0.2, 0) is 0 Å². The zero-order valence-electron chi connectivity index (χ0n) is 17.4. The predicted octanol–water partition coefficient (Wildman–Crippen LogP) is 5.46. The highest BCUT2D eigenvalue weighted by molar-refractivity contribution is 5.48. The molecule has 0 N–H and O–H groups in total. The van der Waals surface area contributed by atoms with Crippen LogP contribution in [0.1, 0.15) is 61.1 Å². The molecule has 2 aliphatic carbocycles. The van der Waals surface area contributed by atoms with Crippen molar-refractivity contribution in [1.82, 2.24) is 4.90 Å². The third-order valence-corrected chi connectivity index (χ3v) is 7.49. The molecule has 29 heavy (non-hydrogen) atoms. The largest absolute Gasteiger partial charge is 0.496 e. The summed E-state index contributed by atoms with van der Waals surface area (Å²) in [5, 5.41) is 0. The van der Waals surface area contributed by atoms with E-state index in [1.807, 2.05) is 18.2 Å². The maximum atomic E-state index is 5.72. The second-order valence-electron chi connectivity index (χ2n) is 9.13. The lowest BCUT2D eigenvalue weighted by atomic mass is 9.85. The molecule has 0 aromatic heterocycles. The Morgan fingerprint density at radius 2 is 1.66 bits per heavy atom. The fraction of sp³-hybridized carbons (Fsp3) is 0.481. The van der Waals surface area contributed by atoms with Gasteiger partial charge in [-0.1, -0.05) is 36.5 Å². The maximum Gasteiger partial charge on any atom is 0.122 e. The molecule has 5 rings (SSSR count). The zero-order chi connectivity index (χ0) is 19.6. The van der Waals surface area contributed by atoms with Gasteiger partial charge in [0.2, 0.25) is 0 Å². The molecular weight excluding hydrogens is 354 g/mol. The molecule has 1 saturated heterocycles. The Hall–Kier alpha value is -2.24. The minimum Gasteiger partial charge on any atom is -0.496 e.